The molecule has 3 rings (SSSR count). The number of nitrogens with one attached hydrogen (secondary N) is 1. The van der Waals surface area contributed by atoms with Crippen LogP contribution < -0.4 is 10.1 Å². The molecule has 9 heteroatoms. The second kappa shape index (κ2) is 8.69. The Labute approximate surface area is 173 Å². The molecule has 5 nitrogen and oxygen atoms in total. The summed E-state index contributed by atoms with van der Waals surface area (Å²) in [4.78, 5) is 16.6. The van der Waals surface area contributed by atoms with Crippen molar-refractivity contribution in [2.24, 2.45) is 0 Å². The van der Waals surface area contributed by atoms with Crippen LogP contribution in [0.3, 0.4) is 0 Å². The highest BCUT2D eigenvalue weighted by atomic mass is 79.9. The first-order valence-corrected chi connectivity index (χ1v) is 9.49. The minimum absolute atomic E-state index is 0.0135. The van der Waals surface area contributed by atoms with Crippen LogP contribution in [0, 0.1) is 17.5 Å². The SMILES string of the molecule is CCOC(=O)c1cnc2cc(OCC)c(Br)cc2c1Nc1ccc(F)c(F)c1F. The normalized spacial score (nSPS) is 10.8. The number of aromatic nitrogens is 1. The number of pyridine rings is 1. The second-order valence-corrected chi connectivity index (χ2v) is 6.70. The molecule has 0 aliphatic carbocycles. The van der Waals surface area contributed by atoms with Crippen molar-refractivity contribution in [2.75, 3.05) is 18.5 Å². The van der Waals surface area contributed by atoms with Crippen LogP contribution >= 0.6 is 15.9 Å². The smallest absolute Gasteiger partial charge is 0.341 e. The van der Waals surface area contributed by atoms with Crippen molar-refractivity contribution in [1.82, 2.24) is 4.98 Å². The molecule has 0 aliphatic rings. The molecule has 1 N–H and O–H groups in total. The lowest BCUT2D eigenvalue weighted by molar-refractivity contribution is 0.0527. The number of hydrogen-bond acceptors (Lipinski definition) is 5. The van der Waals surface area contributed by atoms with Gasteiger partial charge in [0.1, 0.15) is 11.3 Å². The molecule has 1 aromatic heterocycles. The maximum atomic E-state index is 14.2. The quantitative estimate of drug-likeness (QED) is 0.369. The summed E-state index contributed by atoms with van der Waals surface area (Å²) in [6, 6.07) is 5.11. The number of rotatable bonds is 6. The molecule has 29 heavy (non-hydrogen) atoms. The summed E-state index contributed by atoms with van der Waals surface area (Å²) < 4.78 is 52.3. The van der Waals surface area contributed by atoms with Crippen LogP contribution in [0.2, 0.25) is 0 Å². The number of carbonyl (C=O) groups excluding carboxylic acids is 1. The topological polar surface area (TPSA) is 60.5 Å². The largest absolute Gasteiger partial charge is 0.493 e. The first-order valence-electron chi connectivity index (χ1n) is 8.70. The van der Waals surface area contributed by atoms with Crippen molar-refractivity contribution in [2.45, 2.75) is 13.8 Å². The van der Waals surface area contributed by atoms with Gasteiger partial charge in [-0.25, -0.2) is 18.0 Å². The van der Waals surface area contributed by atoms with Crippen LogP contribution in [0.1, 0.15) is 24.2 Å². The minimum Gasteiger partial charge on any atom is -0.493 e. The zero-order chi connectivity index (χ0) is 21.1. The average molecular weight is 469 g/mol. The third-order valence-electron chi connectivity index (χ3n) is 4.01. The number of ether oxygens (including phenoxy) is 2. The Kier molecular flexibility index (Phi) is 6.26. The van der Waals surface area contributed by atoms with Crippen molar-refractivity contribution < 1.29 is 27.4 Å². The van der Waals surface area contributed by atoms with Crippen molar-refractivity contribution in [3.05, 3.63) is 58.0 Å². The minimum atomic E-state index is -1.62. The Morgan fingerprint density at radius 3 is 2.59 bits per heavy atom. The first-order chi connectivity index (χ1) is 13.9. The van der Waals surface area contributed by atoms with Crippen molar-refractivity contribution in [3.63, 3.8) is 0 Å². The Bertz CT molecular complexity index is 1090. The molecule has 0 unspecified atom stereocenters. The standard InChI is InChI=1S/C20H16BrF3N2O3/c1-3-28-16-8-15-10(7-12(16)21)19(11(9-25-15)20(27)29-4-2)26-14-6-5-13(22)17(23)18(14)24/h5-9H,3-4H2,1-2H3,(H,25,26). The van der Waals surface area contributed by atoms with Crippen LogP contribution in [0.25, 0.3) is 10.9 Å². The first kappa shape index (κ1) is 20.9. The Morgan fingerprint density at radius 1 is 1.14 bits per heavy atom. The van der Waals surface area contributed by atoms with Gasteiger partial charge in [0.25, 0.3) is 0 Å². The fourth-order valence-electron chi connectivity index (χ4n) is 2.71. The van der Waals surface area contributed by atoms with E-state index in [1.165, 1.54) is 6.20 Å². The fourth-order valence-corrected chi connectivity index (χ4v) is 3.17. The lowest BCUT2D eigenvalue weighted by Crippen LogP contribution is -2.10. The van der Waals surface area contributed by atoms with Gasteiger partial charge in [0.05, 0.1) is 34.6 Å². The summed E-state index contributed by atoms with van der Waals surface area (Å²) in [6.07, 6.45) is 1.27. The summed E-state index contributed by atoms with van der Waals surface area (Å²) in [5.74, 6) is -4.51. The second-order valence-electron chi connectivity index (χ2n) is 5.85. The number of anilines is 2. The molecule has 2 aromatic carbocycles. The van der Waals surface area contributed by atoms with Crippen molar-refractivity contribution in [3.8, 4) is 5.75 Å². The molecule has 152 valence electrons. The van der Waals surface area contributed by atoms with Gasteiger partial charge in [-0.15, -0.1) is 0 Å². The molecule has 0 amide bonds. The number of carbonyl (C=O) groups is 1. The number of halogens is 4. The molecule has 0 saturated heterocycles. The molecule has 0 aliphatic heterocycles. The predicted molar refractivity (Wildman–Crippen MR) is 106 cm³/mol. The number of fused-ring (bicyclic) bond motifs is 1. The molecule has 0 fully saturated rings. The average Bonchev–Trinajstić information content (AvgIpc) is 2.69. The van der Waals surface area contributed by atoms with Crippen LogP contribution in [0.15, 0.2) is 34.9 Å². The van der Waals surface area contributed by atoms with E-state index in [9.17, 15) is 18.0 Å². The molecule has 0 radical (unpaired) electrons. The summed E-state index contributed by atoms with van der Waals surface area (Å²) >= 11 is 3.39. The van der Waals surface area contributed by atoms with E-state index in [4.69, 9.17) is 9.47 Å². The van der Waals surface area contributed by atoms with E-state index in [0.29, 0.717) is 27.7 Å². The zero-order valence-electron chi connectivity index (χ0n) is 15.5. The van der Waals surface area contributed by atoms with E-state index in [1.807, 2.05) is 6.92 Å². The van der Waals surface area contributed by atoms with Gasteiger partial charge in [-0.1, -0.05) is 0 Å². The lowest BCUT2D eigenvalue weighted by Gasteiger charge is -2.16. The van der Waals surface area contributed by atoms with Gasteiger partial charge in [0.2, 0.25) is 0 Å². The highest BCUT2D eigenvalue weighted by Gasteiger charge is 2.21. The van der Waals surface area contributed by atoms with Crippen LogP contribution in [-0.2, 0) is 4.74 Å². The van der Waals surface area contributed by atoms with Crippen molar-refractivity contribution in [1.29, 1.82) is 0 Å². The summed E-state index contributed by atoms with van der Waals surface area (Å²) in [5, 5.41) is 3.11. The third kappa shape index (κ3) is 4.14. The van der Waals surface area contributed by atoms with Crippen LogP contribution in [0.5, 0.6) is 5.75 Å². The van der Waals surface area contributed by atoms with E-state index >= 15 is 0 Å². The van der Waals surface area contributed by atoms with Gasteiger partial charge in [-0.2, -0.15) is 0 Å². The van der Waals surface area contributed by atoms with Crippen molar-refractivity contribution >= 4 is 44.2 Å². The molecular formula is C20H16BrF3N2O3. The number of nitrogens with zero attached hydrogens (tertiary/aromatic N) is 1. The summed E-state index contributed by atoms with van der Waals surface area (Å²) in [6.45, 7) is 4.01. The van der Waals surface area contributed by atoms with Crippen LogP contribution in [0.4, 0.5) is 24.5 Å². The summed E-state index contributed by atoms with van der Waals surface area (Å²) in [7, 11) is 0. The predicted octanol–water partition coefficient (Wildman–Crippen LogP) is 5.73. The molecule has 0 spiro atoms. The van der Waals surface area contributed by atoms with E-state index in [1.54, 1.807) is 19.1 Å². The maximum Gasteiger partial charge on any atom is 0.341 e. The molecule has 0 atom stereocenters. The van der Waals surface area contributed by atoms with Gasteiger partial charge in [-0.3, -0.25) is 4.98 Å². The Morgan fingerprint density at radius 2 is 1.90 bits per heavy atom. The van der Waals surface area contributed by atoms with Gasteiger partial charge < -0.3 is 14.8 Å². The zero-order valence-corrected chi connectivity index (χ0v) is 17.1. The van der Waals surface area contributed by atoms with E-state index in [0.717, 1.165) is 12.1 Å². The number of esters is 1. The van der Waals surface area contributed by atoms with E-state index < -0.39 is 23.4 Å². The molecule has 0 bridgehead atoms. The van der Waals surface area contributed by atoms with Gasteiger partial charge in [0.15, 0.2) is 17.5 Å². The van der Waals surface area contributed by atoms with E-state index in [-0.39, 0.29) is 23.5 Å². The lowest BCUT2D eigenvalue weighted by atomic mass is 10.1. The highest BCUT2D eigenvalue weighted by Crippen LogP contribution is 2.37. The molecule has 0 saturated carbocycles. The maximum absolute atomic E-state index is 14.2. The molecule has 1 heterocycles. The third-order valence-corrected chi connectivity index (χ3v) is 4.63. The monoisotopic (exact) mass is 468 g/mol. The number of hydrogen-bond donors (Lipinski definition) is 1. The Balaban J connectivity index is 2.22. The van der Waals surface area contributed by atoms with E-state index in [2.05, 4.69) is 26.2 Å². The van der Waals surface area contributed by atoms with Gasteiger partial charge in [-0.05, 0) is 48.0 Å². The van der Waals surface area contributed by atoms with Crippen LogP contribution in [-0.4, -0.2) is 24.2 Å². The highest BCUT2D eigenvalue weighted by molar-refractivity contribution is 9.10. The summed E-state index contributed by atoms with van der Waals surface area (Å²) in [5.41, 5.74) is 0.254. The van der Waals surface area contributed by atoms with Gasteiger partial charge >= 0.3 is 5.97 Å². The Hall–Kier alpha value is -2.81. The van der Waals surface area contributed by atoms with Gasteiger partial charge in [0, 0.05) is 17.6 Å². The molecular weight excluding hydrogens is 453 g/mol. The fraction of sp³-hybridized carbons (Fsp3) is 0.200. The number of benzene rings is 2. The molecule has 3 aromatic rings.